The molecule has 22 heavy (non-hydrogen) atoms. The first kappa shape index (κ1) is 13.3. The number of aromatic nitrogens is 2. The predicted octanol–water partition coefficient (Wildman–Crippen LogP) is 3.57. The van der Waals surface area contributed by atoms with Crippen LogP contribution in [-0.4, -0.2) is 21.8 Å². The van der Waals surface area contributed by atoms with Gasteiger partial charge in [-0.05, 0) is 38.4 Å². The third kappa shape index (κ3) is 2.46. The Bertz CT molecular complexity index is 744. The number of rotatable bonds is 4. The van der Waals surface area contributed by atoms with Crippen molar-refractivity contribution in [3.63, 3.8) is 0 Å². The van der Waals surface area contributed by atoms with Crippen LogP contribution >= 0.6 is 0 Å². The van der Waals surface area contributed by atoms with Crippen LogP contribution in [0.4, 0.5) is 0 Å². The molecule has 0 N–H and O–H groups in total. The molecule has 0 amide bonds. The van der Waals surface area contributed by atoms with Gasteiger partial charge in [0.1, 0.15) is 0 Å². The van der Waals surface area contributed by atoms with Crippen molar-refractivity contribution in [1.29, 1.82) is 0 Å². The molecule has 3 aromatic rings. The van der Waals surface area contributed by atoms with E-state index in [-0.39, 0.29) is 6.04 Å². The minimum absolute atomic E-state index is 0.268. The van der Waals surface area contributed by atoms with E-state index in [0.717, 1.165) is 43.1 Å². The van der Waals surface area contributed by atoms with Gasteiger partial charge in [0.15, 0.2) is 11.5 Å². The lowest BCUT2D eigenvalue weighted by Crippen LogP contribution is -2.22. The van der Waals surface area contributed by atoms with Crippen LogP contribution in [0.15, 0.2) is 44.0 Å². The van der Waals surface area contributed by atoms with Crippen LogP contribution in [0.1, 0.15) is 36.0 Å². The molecule has 1 aliphatic heterocycles. The smallest absolute Gasteiger partial charge is 0.202 e. The topological polar surface area (TPSA) is 68.4 Å². The first-order valence-electron chi connectivity index (χ1n) is 7.46. The minimum atomic E-state index is 0.268. The lowest BCUT2D eigenvalue weighted by molar-refractivity contribution is 0.202. The average molecular weight is 299 g/mol. The zero-order valence-corrected chi connectivity index (χ0v) is 12.4. The Balaban J connectivity index is 1.50. The molecule has 1 saturated heterocycles. The van der Waals surface area contributed by atoms with E-state index in [2.05, 4.69) is 15.2 Å². The Labute approximate surface area is 127 Å². The van der Waals surface area contributed by atoms with E-state index in [1.54, 1.807) is 6.26 Å². The first-order valence-corrected chi connectivity index (χ1v) is 7.46. The summed E-state index contributed by atoms with van der Waals surface area (Å²) in [6, 6.07) is 7.91. The van der Waals surface area contributed by atoms with Gasteiger partial charge in [0, 0.05) is 18.7 Å². The Morgan fingerprint density at radius 1 is 1.23 bits per heavy atom. The lowest BCUT2D eigenvalue weighted by atomic mass is 10.1. The summed E-state index contributed by atoms with van der Waals surface area (Å²) in [4.78, 5) is 2.35. The SMILES string of the molecule is Cc1cc([C@@H]2CCCN2Cc2cc(-c3ccco3)on2)on1. The molecule has 0 unspecified atom stereocenters. The predicted molar refractivity (Wildman–Crippen MR) is 77.8 cm³/mol. The van der Waals surface area contributed by atoms with Gasteiger partial charge in [0.25, 0.3) is 0 Å². The zero-order valence-electron chi connectivity index (χ0n) is 12.4. The first-order chi connectivity index (χ1) is 10.8. The zero-order chi connectivity index (χ0) is 14.9. The number of hydrogen-bond donors (Lipinski definition) is 0. The van der Waals surface area contributed by atoms with Gasteiger partial charge in [0.2, 0.25) is 5.76 Å². The second-order valence-corrected chi connectivity index (χ2v) is 5.66. The molecule has 114 valence electrons. The fourth-order valence-corrected chi connectivity index (χ4v) is 3.01. The van der Waals surface area contributed by atoms with Gasteiger partial charge in [-0.3, -0.25) is 4.90 Å². The van der Waals surface area contributed by atoms with Crippen molar-refractivity contribution in [3.05, 3.63) is 47.7 Å². The number of likely N-dealkylation sites (tertiary alicyclic amines) is 1. The third-order valence-corrected chi connectivity index (χ3v) is 4.03. The molecule has 4 rings (SSSR count). The Kier molecular flexibility index (Phi) is 3.31. The quantitative estimate of drug-likeness (QED) is 0.733. The van der Waals surface area contributed by atoms with Gasteiger partial charge >= 0.3 is 0 Å². The summed E-state index contributed by atoms with van der Waals surface area (Å²) in [6.45, 7) is 3.70. The molecule has 3 aromatic heterocycles. The molecule has 6 heteroatoms. The summed E-state index contributed by atoms with van der Waals surface area (Å²) in [5.41, 5.74) is 1.82. The van der Waals surface area contributed by atoms with Crippen molar-refractivity contribution < 1.29 is 13.5 Å². The summed E-state index contributed by atoms with van der Waals surface area (Å²) in [6.07, 6.45) is 3.85. The van der Waals surface area contributed by atoms with Crippen LogP contribution in [0.25, 0.3) is 11.5 Å². The normalized spacial score (nSPS) is 19.0. The molecule has 0 saturated carbocycles. The van der Waals surface area contributed by atoms with Crippen molar-refractivity contribution in [3.8, 4) is 11.5 Å². The fourth-order valence-electron chi connectivity index (χ4n) is 3.01. The van der Waals surface area contributed by atoms with Crippen molar-refractivity contribution in [1.82, 2.24) is 15.2 Å². The van der Waals surface area contributed by atoms with E-state index in [9.17, 15) is 0 Å². The van der Waals surface area contributed by atoms with E-state index in [1.807, 2.05) is 31.2 Å². The highest BCUT2D eigenvalue weighted by Gasteiger charge is 2.29. The van der Waals surface area contributed by atoms with E-state index < -0.39 is 0 Å². The number of nitrogens with zero attached hydrogens (tertiary/aromatic N) is 3. The maximum atomic E-state index is 5.43. The van der Waals surface area contributed by atoms with Crippen LogP contribution in [0, 0.1) is 6.92 Å². The van der Waals surface area contributed by atoms with E-state index >= 15 is 0 Å². The highest BCUT2D eigenvalue weighted by Crippen LogP contribution is 2.33. The molecule has 1 atom stereocenters. The van der Waals surface area contributed by atoms with Crippen LogP contribution in [0.2, 0.25) is 0 Å². The van der Waals surface area contributed by atoms with Crippen LogP contribution in [0.3, 0.4) is 0 Å². The molecule has 0 aromatic carbocycles. The second-order valence-electron chi connectivity index (χ2n) is 5.66. The standard InChI is InChI=1S/C16H17N3O3/c1-11-8-15(21-17-11)13-4-2-6-19(13)10-12-9-16(22-18-12)14-5-3-7-20-14/h3,5,7-9,13H,2,4,6,10H2,1H3/t13-/m0/s1. The monoisotopic (exact) mass is 299 g/mol. The van der Waals surface area contributed by atoms with Crippen molar-refractivity contribution in [2.75, 3.05) is 6.54 Å². The van der Waals surface area contributed by atoms with E-state index in [0.29, 0.717) is 11.5 Å². The van der Waals surface area contributed by atoms with Gasteiger partial charge in [-0.25, -0.2) is 0 Å². The molecule has 1 fully saturated rings. The Morgan fingerprint density at radius 2 is 2.18 bits per heavy atom. The van der Waals surface area contributed by atoms with Gasteiger partial charge in [0.05, 0.1) is 23.7 Å². The molecule has 0 bridgehead atoms. The number of hydrogen-bond acceptors (Lipinski definition) is 6. The van der Waals surface area contributed by atoms with Crippen molar-refractivity contribution in [2.24, 2.45) is 0 Å². The molecule has 6 nitrogen and oxygen atoms in total. The maximum absolute atomic E-state index is 5.43. The minimum Gasteiger partial charge on any atom is -0.461 e. The summed E-state index contributed by atoms with van der Waals surface area (Å²) in [7, 11) is 0. The number of furan rings is 1. The summed E-state index contributed by atoms with van der Waals surface area (Å²) in [5, 5.41) is 8.14. The fraction of sp³-hybridized carbons (Fsp3) is 0.375. The van der Waals surface area contributed by atoms with Crippen LogP contribution in [-0.2, 0) is 6.54 Å². The average Bonchev–Trinajstić information content (AvgIpc) is 3.26. The molecule has 4 heterocycles. The summed E-state index contributed by atoms with van der Waals surface area (Å²) in [5.74, 6) is 2.29. The number of aryl methyl sites for hydroxylation is 1. The van der Waals surface area contributed by atoms with E-state index in [4.69, 9.17) is 13.5 Å². The van der Waals surface area contributed by atoms with Crippen LogP contribution < -0.4 is 0 Å². The van der Waals surface area contributed by atoms with E-state index in [1.165, 1.54) is 0 Å². The highest BCUT2D eigenvalue weighted by atomic mass is 16.5. The summed E-state index contributed by atoms with van der Waals surface area (Å²) < 4.78 is 16.1. The lowest BCUT2D eigenvalue weighted by Gasteiger charge is -2.20. The van der Waals surface area contributed by atoms with Crippen LogP contribution in [0.5, 0.6) is 0 Å². The molecule has 0 radical (unpaired) electrons. The second kappa shape index (κ2) is 5.46. The molecular formula is C16H17N3O3. The van der Waals surface area contributed by atoms with Gasteiger partial charge in [-0.1, -0.05) is 10.3 Å². The summed E-state index contributed by atoms with van der Waals surface area (Å²) >= 11 is 0. The molecular weight excluding hydrogens is 282 g/mol. The Morgan fingerprint density at radius 3 is 2.95 bits per heavy atom. The highest BCUT2D eigenvalue weighted by molar-refractivity contribution is 5.49. The van der Waals surface area contributed by atoms with Gasteiger partial charge < -0.3 is 13.5 Å². The third-order valence-electron chi connectivity index (χ3n) is 4.03. The molecule has 0 aliphatic carbocycles. The molecule has 1 aliphatic rings. The Hall–Kier alpha value is -2.34. The maximum Gasteiger partial charge on any atom is 0.202 e. The van der Waals surface area contributed by atoms with Crippen molar-refractivity contribution in [2.45, 2.75) is 32.4 Å². The largest absolute Gasteiger partial charge is 0.461 e. The van der Waals surface area contributed by atoms with Gasteiger partial charge in [-0.15, -0.1) is 0 Å². The van der Waals surface area contributed by atoms with Crippen molar-refractivity contribution >= 4 is 0 Å². The molecule has 0 spiro atoms. The van der Waals surface area contributed by atoms with Gasteiger partial charge in [-0.2, -0.15) is 0 Å².